The maximum absolute atomic E-state index is 13.4. The summed E-state index contributed by atoms with van der Waals surface area (Å²) in [6, 6.07) is 6.95. The Bertz CT molecular complexity index is 1170. The van der Waals surface area contributed by atoms with Crippen molar-refractivity contribution in [3.8, 4) is 6.07 Å². The molecule has 10 nitrogen and oxygen atoms in total. The Hall–Kier alpha value is -2.23. The second-order valence-electron chi connectivity index (χ2n) is 9.55. The summed E-state index contributed by atoms with van der Waals surface area (Å²) in [5.74, 6) is -1.26. The monoisotopic (exact) mass is 521 g/mol. The first-order chi connectivity index (χ1) is 16.8. The molecule has 5 rings (SSSR count). The molecule has 0 spiro atoms. The third-order valence-electron chi connectivity index (χ3n) is 7.34. The Morgan fingerprint density at radius 1 is 1.11 bits per heavy atom. The summed E-state index contributed by atoms with van der Waals surface area (Å²) in [5, 5.41) is 12.4. The van der Waals surface area contributed by atoms with Crippen LogP contribution in [0, 0.1) is 23.2 Å². The molecule has 4 aliphatic rings. The third kappa shape index (κ3) is 4.54. The smallest absolute Gasteiger partial charge is 0.282 e. The Kier molecular flexibility index (Phi) is 6.76. The maximum Gasteiger partial charge on any atom is 0.282 e. The highest BCUT2D eigenvalue weighted by Gasteiger charge is 2.44. The molecule has 12 heteroatoms. The van der Waals surface area contributed by atoms with Crippen LogP contribution in [0.2, 0.25) is 5.02 Å². The van der Waals surface area contributed by atoms with Crippen molar-refractivity contribution in [1.82, 2.24) is 18.8 Å². The van der Waals surface area contributed by atoms with Gasteiger partial charge in [-0.15, -0.1) is 0 Å². The van der Waals surface area contributed by atoms with E-state index in [-0.39, 0.29) is 37.4 Å². The third-order valence-corrected chi connectivity index (χ3v) is 9.60. The lowest BCUT2D eigenvalue weighted by Gasteiger charge is -2.41. The number of carbonyl (C=O) groups is 2. The van der Waals surface area contributed by atoms with E-state index in [9.17, 15) is 18.0 Å². The number of ether oxygens (including phenoxy) is 1. The van der Waals surface area contributed by atoms with E-state index in [1.165, 1.54) is 8.61 Å². The first-order valence-electron chi connectivity index (χ1n) is 11.9. The van der Waals surface area contributed by atoms with Crippen molar-refractivity contribution in [2.24, 2.45) is 11.8 Å². The minimum absolute atomic E-state index is 0.0917. The highest BCUT2D eigenvalue weighted by atomic mass is 35.5. The lowest BCUT2D eigenvalue weighted by atomic mass is 9.97. The number of nitrogens with one attached hydrogen (secondary N) is 1. The van der Waals surface area contributed by atoms with Gasteiger partial charge in [-0.3, -0.25) is 9.59 Å². The van der Waals surface area contributed by atoms with Crippen LogP contribution in [-0.2, 0) is 31.1 Å². The first-order valence-corrected chi connectivity index (χ1v) is 13.7. The van der Waals surface area contributed by atoms with Gasteiger partial charge in [-0.25, -0.2) is 0 Å². The minimum atomic E-state index is -3.70. The molecule has 0 aromatic heterocycles. The van der Waals surface area contributed by atoms with Crippen molar-refractivity contribution < 1.29 is 22.7 Å². The van der Waals surface area contributed by atoms with E-state index in [2.05, 4.69) is 11.4 Å². The molecule has 0 aliphatic carbocycles. The maximum atomic E-state index is 13.4. The van der Waals surface area contributed by atoms with E-state index in [1.807, 2.05) is 12.1 Å². The van der Waals surface area contributed by atoms with E-state index in [4.69, 9.17) is 21.6 Å². The Morgan fingerprint density at radius 2 is 1.89 bits per heavy atom. The second-order valence-corrected chi connectivity index (χ2v) is 11.9. The van der Waals surface area contributed by atoms with E-state index < -0.39 is 28.4 Å². The fourth-order valence-electron chi connectivity index (χ4n) is 5.36. The van der Waals surface area contributed by atoms with Gasteiger partial charge in [-0.2, -0.15) is 22.3 Å². The number of rotatable bonds is 5. The van der Waals surface area contributed by atoms with Crippen molar-refractivity contribution >= 4 is 33.6 Å². The van der Waals surface area contributed by atoms with Gasteiger partial charge in [0, 0.05) is 43.3 Å². The fourth-order valence-corrected chi connectivity index (χ4v) is 7.44. The van der Waals surface area contributed by atoms with Gasteiger partial charge in [0.2, 0.25) is 11.8 Å². The average Bonchev–Trinajstić information content (AvgIpc) is 3.46. The molecule has 1 unspecified atom stereocenters. The molecule has 3 fully saturated rings. The number of carbonyl (C=O) groups excluding carboxylic acids is 2. The topological polar surface area (TPSA) is 123 Å². The molecule has 35 heavy (non-hydrogen) atoms. The number of amides is 2. The number of likely N-dealkylation sites (tertiary alicyclic amines) is 1. The molecule has 2 amide bonds. The normalized spacial score (nSPS) is 27.8. The Labute approximate surface area is 209 Å². The summed E-state index contributed by atoms with van der Waals surface area (Å²) in [6.07, 6.45) is 1.72. The molecule has 0 radical (unpaired) electrons. The molecular weight excluding hydrogens is 494 g/mol. The van der Waals surface area contributed by atoms with E-state index >= 15 is 0 Å². The first kappa shape index (κ1) is 24.5. The molecule has 0 saturated carbocycles. The summed E-state index contributed by atoms with van der Waals surface area (Å²) in [6.45, 7) is 1.64. The molecule has 3 saturated heterocycles. The van der Waals surface area contributed by atoms with Crippen molar-refractivity contribution in [1.29, 1.82) is 5.26 Å². The van der Waals surface area contributed by atoms with Gasteiger partial charge in [0.25, 0.3) is 10.2 Å². The van der Waals surface area contributed by atoms with Crippen LogP contribution >= 0.6 is 11.6 Å². The fraction of sp³-hybridized carbons (Fsp3) is 0.609. The Morgan fingerprint density at radius 3 is 2.66 bits per heavy atom. The quantitative estimate of drug-likeness (QED) is 0.624. The van der Waals surface area contributed by atoms with Gasteiger partial charge >= 0.3 is 0 Å². The molecule has 4 aliphatic heterocycles. The predicted molar refractivity (Wildman–Crippen MR) is 126 cm³/mol. The number of nitriles is 1. The highest BCUT2D eigenvalue weighted by Crippen LogP contribution is 2.35. The van der Waals surface area contributed by atoms with E-state index in [0.29, 0.717) is 50.4 Å². The average molecular weight is 522 g/mol. The van der Waals surface area contributed by atoms with Gasteiger partial charge in [0.15, 0.2) is 6.23 Å². The highest BCUT2D eigenvalue weighted by molar-refractivity contribution is 7.86. The van der Waals surface area contributed by atoms with Crippen molar-refractivity contribution in [2.75, 3.05) is 32.7 Å². The van der Waals surface area contributed by atoms with Gasteiger partial charge in [0.05, 0.1) is 24.5 Å². The largest absolute Gasteiger partial charge is 0.349 e. The zero-order valence-corrected chi connectivity index (χ0v) is 20.8. The Balaban J connectivity index is 1.23. The van der Waals surface area contributed by atoms with Gasteiger partial charge in [-0.05, 0) is 37.3 Å². The van der Waals surface area contributed by atoms with E-state index in [0.717, 1.165) is 11.1 Å². The number of halogens is 1. The van der Waals surface area contributed by atoms with Gasteiger partial charge < -0.3 is 15.0 Å². The molecule has 4 heterocycles. The zero-order valence-electron chi connectivity index (χ0n) is 19.2. The molecule has 1 aromatic rings. The second kappa shape index (κ2) is 9.67. The summed E-state index contributed by atoms with van der Waals surface area (Å²) >= 11 is 6.32. The van der Waals surface area contributed by atoms with Crippen LogP contribution in [0.4, 0.5) is 0 Å². The van der Waals surface area contributed by atoms with Crippen LogP contribution in [0.25, 0.3) is 0 Å². The summed E-state index contributed by atoms with van der Waals surface area (Å²) in [4.78, 5) is 28.2. The van der Waals surface area contributed by atoms with Crippen LogP contribution in [0.5, 0.6) is 0 Å². The molecule has 188 valence electrons. The minimum Gasteiger partial charge on any atom is -0.349 e. The van der Waals surface area contributed by atoms with Crippen molar-refractivity contribution in [2.45, 2.75) is 44.6 Å². The lowest BCUT2D eigenvalue weighted by Crippen LogP contribution is -2.57. The summed E-state index contributed by atoms with van der Waals surface area (Å²) < 4.78 is 34.3. The van der Waals surface area contributed by atoms with Crippen LogP contribution < -0.4 is 5.32 Å². The number of fused-ring (bicyclic) bond motifs is 1. The lowest BCUT2D eigenvalue weighted by molar-refractivity contribution is -0.144. The molecule has 1 aromatic carbocycles. The van der Waals surface area contributed by atoms with Crippen LogP contribution in [-0.4, -0.2) is 72.5 Å². The van der Waals surface area contributed by atoms with Gasteiger partial charge in [-0.1, -0.05) is 23.7 Å². The number of hydrogen-bond acceptors (Lipinski definition) is 6. The number of hydrogen-bond donors (Lipinski definition) is 1. The molecule has 0 bridgehead atoms. The standard InChI is InChI=1S/C23H28ClN5O5S/c24-18-6-1-4-17-14-34-22(20(17)18)26-21(30)19-7-3-9-29(19)23(31)16-5-2-8-27(13-16)35(32,33)28-11-15(10-25)12-28/h1,4,6,15-16,19,22H,2-3,5,7-9,11-14H2,(H,26,30)/t16-,19+,22?/m0/s1. The zero-order chi connectivity index (χ0) is 24.7. The molecular formula is C23H28ClN5O5S. The molecule has 3 atom stereocenters. The van der Waals surface area contributed by atoms with Crippen LogP contribution in [0.3, 0.4) is 0 Å². The van der Waals surface area contributed by atoms with Crippen LogP contribution in [0.15, 0.2) is 18.2 Å². The van der Waals surface area contributed by atoms with Crippen molar-refractivity contribution in [3.63, 3.8) is 0 Å². The summed E-state index contributed by atoms with van der Waals surface area (Å²) in [7, 11) is -3.70. The van der Waals surface area contributed by atoms with E-state index in [1.54, 1.807) is 11.0 Å². The SMILES string of the molecule is N#CC1CN(S(=O)(=O)N2CCC[C@H](C(=O)N3CCC[C@@H]3C(=O)NC3OCc4cccc(Cl)c43)C2)C1. The number of piperidine rings is 1. The number of nitrogens with zero attached hydrogens (tertiary/aromatic N) is 4. The number of benzene rings is 1. The van der Waals surface area contributed by atoms with Crippen molar-refractivity contribution in [3.05, 3.63) is 34.3 Å². The summed E-state index contributed by atoms with van der Waals surface area (Å²) in [5.41, 5.74) is 1.67. The van der Waals surface area contributed by atoms with Gasteiger partial charge in [0.1, 0.15) is 6.04 Å². The predicted octanol–water partition coefficient (Wildman–Crippen LogP) is 1.39. The van der Waals surface area contributed by atoms with Crippen LogP contribution in [0.1, 0.15) is 43.0 Å². The molecule has 1 N–H and O–H groups in total.